The van der Waals surface area contributed by atoms with Crippen LogP contribution >= 0.6 is 11.8 Å². The van der Waals surface area contributed by atoms with E-state index in [0.717, 1.165) is 23.0 Å². The molecule has 1 aliphatic rings. The highest BCUT2D eigenvalue weighted by Gasteiger charge is 2.21. The number of nitrogens with one attached hydrogen (secondary N) is 2. The molecule has 17 heavy (non-hydrogen) atoms. The predicted octanol–water partition coefficient (Wildman–Crippen LogP) is 1.89. The summed E-state index contributed by atoms with van der Waals surface area (Å²) in [5, 5.41) is 9.98. The molecule has 0 saturated carbocycles. The fourth-order valence-electron chi connectivity index (χ4n) is 1.46. The van der Waals surface area contributed by atoms with E-state index in [1.165, 1.54) is 0 Å². The molecule has 0 unspecified atom stereocenters. The lowest BCUT2D eigenvalue weighted by Crippen LogP contribution is -2.18. The van der Waals surface area contributed by atoms with Gasteiger partial charge >= 0.3 is 0 Å². The zero-order valence-corrected chi connectivity index (χ0v) is 10.5. The van der Waals surface area contributed by atoms with E-state index < -0.39 is 0 Å². The van der Waals surface area contributed by atoms with Crippen LogP contribution in [0.25, 0.3) is 6.08 Å². The quantitative estimate of drug-likeness (QED) is 0.785. The summed E-state index contributed by atoms with van der Waals surface area (Å²) in [7, 11) is 3.96. The van der Waals surface area contributed by atoms with Crippen molar-refractivity contribution in [2.45, 2.75) is 0 Å². The largest absolute Gasteiger partial charge is 0.378 e. The minimum atomic E-state index is -0.198. The third-order valence-corrected chi connectivity index (χ3v) is 3.20. The predicted molar refractivity (Wildman–Crippen MR) is 72.2 cm³/mol. The molecule has 1 aromatic carbocycles. The van der Waals surface area contributed by atoms with Gasteiger partial charge in [0.2, 0.25) is 0 Å². The van der Waals surface area contributed by atoms with Crippen molar-refractivity contribution in [1.82, 2.24) is 5.32 Å². The van der Waals surface area contributed by atoms with Crippen LogP contribution in [0.15, 0.2) is 29.2 Å². The number of hydrogen-bond donors (Lipinski definition) is 2. The Morgan fingerprint density at radius 3 is 2.41 bits per heavy atom. The van der Waals surface area contributed by atoms with Gasteiger partial charge < -0.3 is 10.2 Å². The van der Waals surface area contributed by atoms with Crippen molar-refractivity contribution in [3.63, 3.8) is 0 Å². The Morgan fingerprint density at radius 2 is 1.94 bits per heavy atom. The molecule has 1 amide bonds. The second-order valence-electron chi connectivity index (χ2n) is 3.88. The van der Waals surface area contributed by atoms with Crippen LogP contribution < -0.4 is 10.2 Å². The van der Waals surface area contributed by atoms with Gasteiger partial charge in [0.1, 0.15) is 0 Å². The standard InChI is InChI=1S/C12H13N3OS/c1-15(2)9-5-3-8(4-6-9)7-10-11(16)14-12(13)17-10/h3-7H,1-2H3,(H2,13,14,16)/b10-7-. The second-order valence-corrected chi connectivity index (χ2v) is 4.93. The van der Waals surface area contributed by atoms with Gasteiger partial charge in [-0.05, 0) is 35.5 Å². The van der Waals surface area contributed by atoms with Crippen molar-refractivity contribution in [2.24, 2.45) is 0 Å². The number of rotatable bonds is 2. The number of nitrogens with zero attached hydrogens (tertiary/aromatic N) is 1. The van der Waals surface area contributed by atoms with Crippen molar-refractivity contribution in [1.29, 1.82) is 5.41 Å². The molecule has 2 rings (SSSR count). The molecule has 0 aliphatic carbocycles. The van der Waals surface area contributed by atoms with E-state index in [0.29, 0.717) is 4.91 Å². The molecular formula is C12H13N3OS. The van der Waals surface area contributed by atoms with Gasteiger partial charge in [0.25, 0.3) is 5.91 Å². The van der Waals surface area contributed by atoms with Crippen LogP contribution in [0.5, 0.6) is 0 Å². The van der Waals surface area contributed by atoms with E-state index in [1.54, 1.807) is 6.08 Å². The summed E-state index contributed by atoms with van der Waals surface area (Å²) in [6.07, 6.45) is 1.79. The van der Waals surface area contributed by atoms with Crippen LogP contribution in [0.2, 0.25) is 0 Å². The lowest BCUT2D eigenvalue weighted by atomic mass is 10.2. The van der Waals surface area contributed by atoms with Crippen molar-refractivity contribution >= 4 is 34.6 Å². The molecule has 88 valence electrons. The number of amides is 1. The second kappa shape index (κ2) is 4.63. The normalized spacial score (nSPS) is 17.4. The lowest BCUT2D eigenvalue weighted by Gasteiger charge is -2.11. The highest BCUT2D eigenvalue weighted by Crippen LogP contribution is 2.25. The fraction of sp³-hybridized carbons (Fsp3) is 0.167. The van der Waals surface area contributed by atoms with Gasteiger partial charge in [-0.15, -0.1) is 0 Å². The van der Waals surface area contributed by atoms with Crippen LogP contribution in [0.1, 0.15) is 5.56 Å². The number of anilines is 1. The minimum Gasteiger partial charge on any atom is -0.378 e. The number of carbonyl (C=O) groups excluding carboxylic acids is 1. The SMILES string of the molecule is CN(C)c1ccc(/C=C2\SC(=N)NC2=O)cc1. The van der Waals surface area contributed by atoms with E-state index in [2.05, 4.69) is 5.32 Å². The molecule has 1 aromatic rings. The van der Waals surface area contributed by atoms with Crippen LogP contribution in [0, 0.1) is 5.41 Å². The maximum Gasteiger partial charge on any atom is 0.264 e. The zero-order valence-electron chi connectivity index (χ0n) is 9.65. The van der Waals surface area contributed by atoms with E-state index >= 15 is 0 Å². The van der Waals surface area contributed by atoms with Crippen molar-refractivity contribution in [2.75, 3.05) is 19.0 Å². The Hall–Kier alpha value is -1.75. The summed E-state index contributed by atoms with van der Waals surface area (Å²) in [6, 6.07) is 7.90. The molecule has 0 aromatic heterocycles. The zero-order chi connectivity index (χ0) is 12.4. The number of thioether (sulfide) groups is 1. The number of amidine groups is 1. The smallest absolute Gasteiger partial charge is 0.264 e. The average molecular weight is 247 g/mol. The monoisotopic (exact) mass is 247 g/mol. The molecule has 0 atom stereocenters. The Kier molecular flexibility index (Phi) is 3.19. The van der Waals surface area contributed by atoms with Gasteiger partial charge in [-0.25, -0.2) is 0 Å². The Bertz CT molecular complexity index is 491. The summed E-state index contributed by atoms with van der Waals surface area (Å²) in [5.74, 6) is -0.198. The maximum atomic E-state index is 11.4. The van der Waals surface area contributed by atoms with Gasteiger partial charge in [-0.1, -0.05) is 12.1 Å². The fourth-order valence-corrected chi connectivity index (χ4v) is 2.16. The van der Waals surface area contributed by atoms with E-state index in [-0.39, 0.29) is 11.1 Å². The molecule has 1 heterocycles. The van der Waals surface area contributed by atoms with E-state index in [9.17, 15) is 4.79 Å². The van der Waals surface area contributed by atoms with Gasteiger partial charge in [-0.2, -0.15) is 0 Å². The molecule has 4 nitrogen and oxygen atoms in total. The summed E-state index contributed by atoms with van der Waals surface area (Å²) in [4.78, 5) is 14.0. The van der Waals surface area contributed by atoms with Gasteiger partial charge in [0.05, 0.1) is 4.91 Å². The topological polar surface area (TPSA) is 56.2 Å². The first kappa shape index (κ1) is 11.7. The molecule has 5 heteroatoms. The third-order valence-electron chi connectivity index (χ3n) is 2.37. The first-order valence-corrected chi connectivity index (χ1v) is 5.95. The molecule has 0 radical (unpaired) electrons. The summed E-state index contributed by atoms with van der Waals surface area (Å²) >= 11 is 1.15. The molecule has 0 spiro atoms. The third kappa shape index (κ3) is 2.68. The number of benzene rings is 1. The van der Waals surface area contributed by atoms with Crippen molar-refractivity contribution < 1.29 is 4.79 Å². The Balaban J connectivity index is 2.21. The Labute approximate surface area is 104 Å². The molecule has 0 bridgehead atoms. The lowest BCUT2D eigenvalue weighted by molar-refractivity contribution is -0.115. The maximum absolute atomic E-state index is 11.4. The first-order valence-electron chi connectivity index (χ1n) is 5.13. The highest BCUT2D eigenvalue weighted by atomic mass is 32.2. The molecule has 1 saturated heterocycles. The number of hydrogen-bond acceptors (Lipinski definition) is 4. The van der Waals surface area contributed by atoms with Crippen LogP contribution in [-0.4, -0.2) is 25.2 Å². The van der Waals surface area contributed by atoms with Gasteiger partial charge in [0, 0.05) is 19.8 Å². The molecular weight excluding hydrogens is 234 g/mol. The first-order chi connectivity index (χ1) is 8.06. The minimum absolute atomic E-state index is 0.186. The van der Waals surface area contributed by atoms with Gasteiger partial charge in [-0.3, -0.25) is 10.2 Å². The average Bonchev–Trinajstić information content (AvgIpc) is 2.58. The highest BCUT2D eigenvalue weighted by molar-refractivity contribution is 8.18. The van der Waals surface area contributed by atoms with Gasteiger partial charge in [0.15, 0.2) is 5.17 Å². The Morgan fingerprint density at radius 1 is 1.29 bits per heavy atom. The summed E-state index contributed by atoms with van der Waals surface area (Å²) in [5.41, 5.74) is 2.08. The summed E-state index contributed by atoms with van der Waals surface area (Å²) in [6.45, 7) is 0. The van der Waals surface area contributed by atoms with Crippen LogP contribution in [0.4, 0.5) is 5.69 Å². The van der Waals surface area contributed by atoms with Crippen molar-refractivity contribution in [3.05, 3.63) is 34.7 Å². The van der Waals surface area contributed by atoms with Crippen LogP contribution in [-0.2, 0) is 4.79 Å². The molecule has 1 aliphatic heterocycles. The van der Waals surface area contributed by atoms with E-state index in [4.69, 9.17) is 5.41 Å². The van der Waals surface area contributed by atoms with Crippen LogP contribution in [0.3, 0.4) is 0 Å². The van der Waals surface area contributed by atoms with E-state index in [1.807, 2.05) is 43.3 Å². The summed E-state index contributed by atoms with van der Waals surface area (Å²) < 4.78 is 0. The van der Waals surface area contributed by atoms with Crippen molar-refractivity contribution in [3.8, 4) is 0 Å². The molecule has 1 fully saturated rings. The number of carbonyl (C=O) groups is 1. The molecule has 2 N–H and O–H groups in total.